The Labute approximate surface area is 133 Å². The second-order valence-electron chi connectivity index (χ2n) is 5.28. The van der Waals surface area contributed by atoms with E-state index < -0.39 is 21.7 Å². The zero-order valence-electron chi connectivity index (χ0n) is 12.1. The molecule has 0 aliphatic rings. The minimum absolute atomic E-state index is 0.0775. The first-order valence-electron chi connectivity index (χ1n) is 6.32. The third-order valence-electron chi connectivity index (χ3n) is 2.19. The number of benzene rings is 1. The maximum atomic E-state index is 12.0. The van der Waals surface area contributed by atoms with Gasteiger partial charge in [0.2, 0.25) is 10.0 Å². The van der Waals surface area contributed by atoms with Crippen LogP contribution >= 0.6 is 15.9 Å². The first-order valence-corrected chi connectivity index (χ1v) is 8.60. The van der Waals surface area contributed by atoms with E-state index in [1.54, 1.807) is 32.9 Å². The number of sulfonamides is 1. The molecule has 0 atom stereocenters. The molecule has 0 bridgehead atoms. The van der Waals surface area contributed by atoms with E-state index in [9.17, 15) is 13.2 Å². The molecule has 8 heteroatoms. The van der Waals surface area contributed by atoms with Gasteiger partial charge in [-0.05, 0) is 39.0 Å². The number of halogens is 1. The molecule has 1 amide bonds. The van der Waals surface area contributed by atoms with Crippen LogP contribution in [0.4, 0.5) is 4.79 Å². The molecule has 118 valence electrons. The number of carbonyl (C=O) groups is 1. The van der Waals surface area contributed by atoms with Crippen LogP contribution in [0, 0.1) is 0 Å². The van der Waals surface area contributed by atoms with E-state index in [4.69, 9.17) is 4.74 Å². The lowest BCUT2D eigenvalue weighted by Gasteiger charge is -2.19. The third kappa shape index (κ3) is 6.92. The molecule has 0 saturated carbocycles. The van der Waals surface area contributed by atoms with Crippen molar-refractivity contribution in [2.75, 3.05) is 13.1 Å². The Hall–Kier alpha value is -1.12. The molecule has 0 spiro atoms. The largest absolute Gasteiger partial charge is 0.444 e. The van der Waals surface area contributed by atoms with E-state index in [0.717, 1.165) is 0 Å². The van der Waals surface area contributed by atoms with Crippen LogP contribution in [-0.2, 0) is 14.8 Å². The van der Waals surface area contributed by atoms with E-state index in [1.165, 1.54) is 12.1 Å². The molecule has 0 radical (unpaired) electrons. The maximum absolute atomic E-state index is 12.0. The second-order valence-corrected chi connectivity index (χ2v) is 7.97. The fourth-order valence-corrected chi connectivity index (χ4v) is 3.01. The predicted molar refractivity (Wildman–Crippen MR) is 83.6 cm³/mol. The predicted octanol–water partition coefficient (Wildman–Crippen LogP) is 2.25. The summed E-state index contributed by atoms with van der Waals surface area (Å²) in [5.41, 5.74) is -0.583. The number of ether oxygens (including phenoxy) is 1. The fourth-order valence-electron chi connectivity index (χ4n) is 1.38. The molecule has 0 fully saturated rings. The smallest absolute Gasteiger partial charge is 0.407 e. The molecule has 0 saturated heterocycles. The van der Waals surface area contributed by atoms with Crippen molar-refractivity contribution in [1.29, 1.82) is 0 Å². The topological polar surface area (TPSA) is 84.5 Å². The number of carbonyl (C=O) groups excluding carboxylic acids is 1. The highest BCUT2D eigenvalue weighted by atomic mass is 79.9. The first kappa shape index (κ1) is 17.9. The van der Waals surface area contributed by atoms with Gasteiger partial charge in [-0.3, -0.25) is 0 Å². The van der Waals surface area contributed by atoms with Crippen LogP contribution in [0.3, 0.4) is 0 Å². The van der Waals surface area contributed by atoms with E-state index in [1.807, 2.05) is 0 Å². The highest BCUT2D eigenvalue weighted by Crippen LogP contribution is 2.15. The molecule has 0 heterocycles. The average molecular weight is 379 g/mol. The standard InChI is InChI=1S/C13H19BrN2O4S/c1-13(2,3)20-12(17)15-7-8-16-21(18,19)11-6-4-5-10(14)9-11/h4-6,9,16H,7-8H2,1-3H3,(H,15,17). The summed E-state index contributed by atoms with van der Waals surface area (Å²) < 4.78 is 32.1. The van der Waals surface area contributed by atoms with Crippen LogP contribution < -0.4 is 10.0 Å². The van der Waals surface area contributed by atoms with Crippen molar-refractivity contribution in [1.82, 2.24) is 10.0 Å². The summed E-state index contributed by atoms with van der Waals surface area (Å²) in [5, 5.41) is 2.48. The van der Waals surface area contributed by atoms with Crippen molar-refractivity contribution in [3.05, 3.63) is 28.7 Å². The Morgan fingerprint density at radius 2 is 1.95 bits per heavy atom. The molecule has 1 aromatic carbocycles. The van der Waals surface area contributed by atoms with Gasteiger partial charge < -0.3 is 10.1 Å². The van der Waals surface area contributed by atoms with E-state index in [2.05, 4.69) is 26.0 Å². The van der Waals surface area contributed by atoms with Crippen LogP contribution in [0.1, 0.15) is 20.8 Å². The van der Waals surface area contributed by atoms with Crippen molar-refractivity contribution >= 4 is 32.0 Å². The van der Waals surface area contributed by atoms with Gasteiger partial charge in [0.05, 0.1) is 4.90 Å². The summed E-state index contributed by atoms with van der Waals surface area (Å²) >= 11 is 3.22. The molecule has 0 aliphatic heterocycles. The Balaban J connectivity index is 2.44. The molecule has 6 nitrogen and oxygen atoms in total. The highest BCUT2D eigenvalue weighted by Gasteiger charge is 2.16. The Kier molecular flexibility index (Phi) is 6.18. The summed E-state index contributed by atoms with van der Waals surface area (Å²) in [6.45, 7) is 5.48. The summed E-state index contributed by atoms with van der Waals surface area (Å²) in [4.78, 5) is 11.5. The first-order chi connectivity index (χ1) is 9.60. The quantitative estimate of drug-likeness (QED) is 0.769. The zero-order valence-corrected chi connectivity index (χ0v) is 14.5. The molecular weight excluding hydrogens is 360 g/mol. The average Bonchev–Trinajstić information content (AvgIpc) is 2.32. The third-order valence-corrected chi connectivity index (χ3v) is 4.14. The number of hydrogen-bond acceptors (Lipinski definition) is 4. The van der Waals surface area contributed by atoms with Crippen LogP contribution in [0.2, 0.25) is 0 Å². The molecular formula is C13H19BrN2O4S. The minimum atomic E-state index is -3.59. The van der Waals surface area contributed by atoms with Gasteiger partial charge in [0.15, 0.2) is 0 Å². The number of rotatable bonds is 5. The monoisotopic (exact) mass is 378 g/mol. The van der Waals surface area contributed by atoms with Crippen molar-refractivity contribution < 1.29 is 17.9 Å². The van der Waals surface area contributed by atoms with Crippen LogP contribution in [-0.4, -0.2) is 33.2 Å². The highest BCUT2D eigenvalue weighted by molar-refractivity contribution is 9.10. The Bertz CT molecular complexity index is 596. The molecule has 0 aliphatic carbocycles. The molecule has 0 aromatic heterocycles. The molecule has 21 heavy (non-hydrogen) atoms. The maximum Gasteiger partial charge on any atom is 0.407 e. The number of amides is 1. The Morgan fingerprint density at radius 3 is 2.52 bits per heavy atom. The number of nitrogens with one attached hydrogen (secondary N) is 2. The zero-order chi connectivity index (χ0) is 16.1. The van der Waals surface area contributed by atoms with Gasteiger partial charge >= 0.3 is 6.09 Å². The van der Waals surface area contributed by atoms with E-state index >= 15 is 0 Å². The molecule has 0 unspecified atom stereocenters. The summed E-state index contributed by atoms with van der Waals surface area (Å²) in [5.74, 6) is 0. The molecule has 1 rings (SSSR count). The lowest BCUT2D eigenvalue weighted by atomic mass is 10.2. The van der Waals surface area contributed by atoms with Gasteiger partial charge in [-0.1, -0.05) is 22.0 Å². The minimum Gasteiger partial charge on any atom is -0.444 e. The Morgan fingerprint density at radius 1 is 1.29 bits per heavy atom. The van der Waals surface area contributed by atoms with E-state index in [-0.39, 0.29) is 18.0 Å². The summed E-state index contributed by atoms with van der Waals surface area (Å²) in [6.07, 6.45) is -0.579. The van der Waals surface area contributed by atoms with Gasteiger partial charge in [0, 0.05) is 17.6 Å². The summed E-state index contributed by atoms with van der Waals surface area (Å²) in [7, 11) is -3.59. The van der Waals surface area contributed by atoms with Crippen molar-refractivity contribution in [3.8, 4) is 0 Å². The number of alkyl carbamates (subject to hydrolysis) is 1. The lowest BCUT2D eigenvalue weighted by molar-refractivity contribution is 0.0529. The van der Waals surface area contributed by atoms with Crippen LogP contribution in [0.25, 0.3) is 0 Å². The van der Waals surface area contributed by atoms with Gasteiger partial charge in [0.25, 0.3) is 0 Å². The van der Waals surface area contributed by atoms with Crippen molar-refractivity contribution in [2.45, 2.75) is 31.3 Å². The van der Waals surface area contributed by atoms with Gasteiger partial charge in [-0.25, -0.2) is 17.9 Å². The van der Waals surface area contributed by atoms with Crippen molar-refractivity contribution in [2.24, 2.45) is 0 Å². The number of hydrogen-bond donors (Lipinski definition) is 2. The molecule has 2 N–H and O–H groups in total. The van der Waals surface area contributed by atoms with Gasteiger partial charge in [-0.15, -0.1) is 0 Å². The normalized spacial score (nSPS) is 12.0. The summed E-state index contributed by atoms with van der Waals surface area (Å²) in [6, 6.07) is 6.37. The fraction of sp³-hybridized carbons (Fsp3) is 0.462. The van der Waals surface area contributed by atoms with Crippen molar-refractivity contribution in [3.63, 3.8) is 0 Å². The van der Waals surface area contributed by atoms with Gasteiger partial charge in [-0.2, -0.15) is 0 Å². The van der Waals surface area contributed by atoms with Crippen LogP contribution in [0.5, 0.6) is 0 Å². The van der Waals surface area contributed by atoms with Crippen LogP contribution in [0.15, 0.2) is 33.6 Å². The molecule has 1 aromatic rings. The van der Waals surface area contributed by atoms with E-state index in [0.29, 0.717) is 4.47 Å². The second kappa shape index (κ2) is 7.24. The lowest BCUT2D eigenvalue weighted by Crippen LogP contribution is -2.37. The SMILES string of the molecule is CC(C)(C)OC(=O)NCCNS(=O)(=O)c1cccc(Br)c1. The van der Waals surface area contributed by atoms with Gasteiger partial charge in [0.1, 0.15) is 5.60 Å².